The van der Waals surface area contributed by atoms with E-state index in [0.717, 1.165) is 66.6 Å². The highest BCUT2D eigenvalue weighted by atomic mass is 79.9. The molecule has 0 aromatic heterocycles. The number of halogens is 4. The summed E-state index contributed by atoms with van der Waals surface area (Å²) < 4.78 is 16.2. The van der Waals surface area contributed by atoms with Crippen molar-refractivity contribution in [2.24, 2.45) is 0 Å². The quantitative estimate of drug-likeness (QED) is 0.200. The molecule has 0 saturated carbocycles. The largest absolute Gasteiger partial charge is 0.448 e. The molecule has 0 amide bonds. The molecule has 2 aromatic rings. The van der Waals surface area contributed by atoms with Gasteiger partial charge < -0.3 is 9.47 Å². The van der Waals surface area contributed by atoms with Crippen LogP contribution in [0.25, 0.3) is 0 Å². The number of rotatable bonds is 6. The fourth-order valence-corrected chi connectivity index (χ4v) is 6.30. The van der Waals surface area contributed by atoms with Crippen LogP contribution in [0.2, 0.25) is 0 Å². The van der Waals surface area contributed by atoms with Crippen molar-refractivity contribution < 1.29 is 9.47 Å². The van der Waals surface area contributed by atoms with Crippen LogP contribution in [0.3, 0.4) is 0 Å². The van der Waals surface area contributed by atoms with Gasteiger partial charge in [0.2, 0.25) is 0 Å². The maximum atomic E-state index is 5.95. The molecule has 2 aliphatic rings. The molecule has 0 aliphatic carbocycles. The topological polar surface area (TPSA) is 25.1 Å². The van der Waals surface area contributed by atoms with Crippen LogP contribution < -0.4 is 9.47 Å². The Balaban J connectivity index is 1.99. The van der Waals surface area contributed by atoms with Crippen molar-refractivity contribution in [2.75, 3.05) is 0 Å². The van der Waals surface area contributed by atoms with Gasteiger partial charge in [-0.3, -0.25) is 0 Å². The summed E-state index contributed by atoms with van der Waals surface area (Å²) in [5.41, 5.74) is 4.96. The molecule has 2 aromatic carbocycles. The smallest absolute Gasteiger partial charge is 0.185 e. The molecule has 0 fully saturated rings. The summed E-state index contributed by atoms with van der Waals surface area (Å²) in [5, 5.41) is 0. The van der Waals surface area contributed by atoms with E-state index >= 15 is 0 Å². The lowest BCUT2D eigenvalue weighted by Gasteiger charge is -2.30. The summed E-state index contributed by atoms with van der Waals surface area (Å²) in [6.45, 7) is 9.01. The highest BCUT2D eigenvalue weighted by Crippen LogP contribution is 2.66. The lowest BCUT2D eigenvalue weighted by Crippen LogP contribution is -2.22. The Morgan fingerprint density at radius 1 is 0.630 bits per heavy atom. The third-order valence-electron chi connectivity index (χ3n) is 5.36. The van der Waals surface area contributed by atoms with Crippen LogP contribution in [0.4, 0.5) is 0 Å². The molecular weight excluding hydrogens is 604 g/mol. The molecule has 6 heteroatoms. The fraction of sp³-hybridized carbons (Fsp3) is 0.429. The van der Waals surface area contributed by atoms with Gasteiger partial charge in [-0.2, -0.15) is 0 Å². The predicted molar refractivity (Wildman–Crippen MR) is 124 cm³/mol. The number of hydrogen-bond donors (Lipinski definition) is 0. The Kier molecular flexibility index (Phi) is 5.27. The van der Waals surface area contributed by atoms with E-state index in [1.54, 1.807) is 0 Å². The van der Waals surface area contributed by atoms with Gasteiger partial charge in [0.15, 0.2) is 23.0 Å². The molecule has 2 heterocycles. The van der Waals surface area contributed by atoms with Gasteiger partial charge in [0, 0.05) is 25.5 Å². The van der Waals surface area contributed by atoms with Crippen LogP contribution in [0.5, 0.6) is 23.0 Å². The molecule has 144 valence electrons. The molecule has 0 radical (unpaired) electrons. The molecule has 2 aliphatic heterocycles. The van der Waals surface area contributed by atoms with Crippen LogP contribution in [0.1, 0.15) is 62.8 Å². The number of fused-ring (bicyclic) bond motifs is 2. The standard InChI is InChI=1S/C21H20Br4O2/c1-5-7-9-11(17-19(26-17)15(24)13(9)22)21(3,4)12-10(8-6-2)14(23)16(25)20-18(12)27-20/h5-8H2,1-4H3. The highest BCUT2D eigenvalue weighted by Gasteiger charge is 2.46. The Morgan fingerprint density at radius 2 is 1.00 bits per heavy atom. The molecule has 2 nitrogen and oxygen atoms in total. The van der Waals surface area contributed by atoms with Crippen molar-refractivity contribution in [1.82, 2.24) is 0 Å². The van der Waals surface area contributed by atoms with Crippen molar-refractivity contribution in [1.29, 1.82) is 0 Å². The van der Waals surface area contributed by atoms with Crippen molar-refractivity contribution in [2.45, 2.75) is 58.8 Å². The van der Waals surface area contributed by atoms with Crippen LogP contribution in [0, 0.1) is 0 Å². The zero-order valence-corrected chi connectivity index (χ0v) is 22.0. The van der Waals surface area contributed by atoms with Gasteiger partial charge in [0.25, 0.3) is 0 Å². The van der Waals surface area contributed by atoms with Crippen molar-refractivity contribution in [3.8, 4) is 23.0 Å². The molecule has 0 spiro atoms. The van der Waals surface area contributed by atoms with E-state index in [2.05, 4.69) is 91.4 Å². The molecule has 27 heavy (non-hydrogen) atoms. The summed E-state index contributed by atoms with van der Waals surface area (Å²) in [7, 11) is 0. The first-order chi connectivity index (χ1) is 12.8. The second-order valence-electron chi connectivity index (χ2n) is 7.61. The maximum Gasteiger partial charge on any atom is 0.185 e. The summed E-state index contributed by atoms with van der Waals surface area (Å²) in [6.07, 6.45) is 4.15. The summed E-state index contributed by atoms with van der Waals surface area (Å²) >= 11 is 15.0. The minimum absolute atomic E-state index is 0.234. The molecular formula is C21H20Br4O2. The molecule has 4 rings (SSSR count). The Labute approximate surface area is 193 Å². The summed E-state index contributed by atoms with van der Waals surface area (Å²) in [5.74, 6) is 3.96. The number of hydrogen-bond acceptors (Lipinski definition) is 2. The van der Waals surface area contributed by atoms with E-state index in [0.29, 0.717) is 0 Å². The monoisotopic (exact) mass is 620 g/mol. The Bertz CT molecular complexity index is 902. The third kappa shape index (κ3) is 3.04. The van der Waals surface area contributed by atoms with Gasteiger partial charge in [0.05, 0.1) is 8.95 Å². The SMILES string of the molecule is CCCc1c(Br)c(Br)c2c(c1C(C)(C)c1c(CCC)c(Br)c(Br)c3c1O3)O2. The Morgan fingerprint density at radius 3 is 1.33 bits per heavy atom. The van der Waals surface area contributed by atoms with E-state index in [9.17, 15) is 0 Å². The first-order valence-corrected chi connectivity index (χ1v) is 12.4. The highest BCUT2D eigenvalue weighted by molar-refractivity contribution is 9.13. The first-order valence-electron chi connectivity index (χ1n) is 9.19. The van der Waals surface area contributed by atoms with Crippen LogP contribution in [-0.4, -0.2) is 0 Å². The molecule has 0 N–H and O–H groups in total. The maximum absolute atomic E-state index is 5.95. The normalized spacial score (nSPS) is 13.6. The zero-order chi connectivity index (χ0) is 19.7. The fourth-order valence-electron chi connectivity index (χ4n) is 4.15. The lowest BCUT2D eigenvalue weighted by atomic mass is 9.73. The van der Waals surface area contributed by atoms with Gasteiger partial charge in [-0.05, 0) is 87.7 Å². The van der Waals surface area contributed by atoms with E-state index < -0.39 is 0 Å². The molecule has 0 bridgehead atoms. The van der Waals surface area contributed by atoms with Gasteiger partial charge >= 0.3 is 0 Å². The van der Waals surface area contributed by atoms with E-state index in [4.69, 9.17) is 9.47 Å². The molecule has 0 unspecified atom stereocenters. The summed E-state index contributed by atoms with van der Waals surface area (Å²) in [6, 6.07) is 0. The second kappa shape index (κ2) is 7.03. The second-order valence-corrected chi connectivity index (χ2v) is 10.8. The zero-order valence-electron chi connectivity index (χ0n) is 15.7. The minimum Gasteiger partial charge on any atom is -0.448 e. The Hall–Kier alpha value is -0.0400. The predicted octanol–water partition coefficient (Wildman–Crippen LogP) is 9.18. The first kappa shape index (κ1) is 20.2. The third-order valence-corrected chi connectivity index (χ3v) is 9.69. The van der Waals surface area contributed by atoms with Gasteiger partial charge in [-0.25, -0.2) is 0 Å². The molecule has 0 saturated heterocycles. The average molecular weight is 624 g/mol. The number of benzene rings is 2. The van der Waals surface area contributed by atoms with Crippen LogP contribution >= 0.6 is 63.7 Å². The van der Waals surface area contributed by atoms with E-state index in [1.807, 2.05) is 0 Å². The van der Waals surface area contributed by atoms with Gasteiger partial charge in [0.1, 0.15) is 0 Å². The molecule has 0 atom stereocenters. The minimum atomic E-state index is -0.234. The van der Waals surface area contributed by atoms with Crippen molar-refractivity contribution >= 4 is 63.7 Å². The van der Waals surface area contributed by atoms with Crippen LogP contribution in [-0.2, 0) is 18.3 Å². The lowest BCUT2D eigenvalue weighted by molar-refractivity contribution is 0.568. The van der Waals surface area contributed by atoms with Crippen molar-refractivity contribution in [3.05, 3.63) is 40.1 Å². The van der Waals surface area contributed by atoms with Gasteiger partial charge in [-0.15, -0.1) is 0 Å². The van der Waals surface area contributed by atoms with Gasteiger partial charge in [-0.1, -0.05) is 40.5 Å². The van der Waals surface area contributed by atoms with E-state index in [1.165, 1.54) is 22.3 Å². The van der Waals surface area contributed by atoms with Crippen molar-refractivity contribution in [3.63, 3.8) is 0 Å². The van der Waals surface area contributed by atoms with Crippen LogP contribution in [0.15, 0.2) is 17.9 Å². The number of ether oxygens (including phenoxy) is 2. The summed E-state index contributed by atoms with van der Waals surface area (Å²) in [4.78, 5) is 0. The average Bonchev–Trinajstić information content (AvgIpc) is 3.51. The van der Waals surface area contributed by atoms with E-state index in [-0.39, 0.29) is 5.41 Å².